The minimum absolute atomic E-state index is 0.574. The van der Waals surface area contributed by atoms with Gasteiger partial charge in [-0.15, -0.1) is 0 Å². The van der Waals surface area contributed by atoms with Gasteiger partial charge in [-0.3, -0.25) is 0 Å². The van der Waals surface area contributed by atoms with E-state index in [1.807, 2.05) is 0 Å². The van der Waals surface area contributed by atoms with Crippen molar-refractivity contribution in [2.45, 2.75) is 31.8 Å². The molecule has 2 rings (SSSR count). The summed E-state index contributed by atoms with van der Waals surface area (Å²) in [5.74, 6) is 0. The highest BCUT2D eigenvalue weighted by Crippen LogP contribution is 2.26. The van der Waals surface area contributed by atoms with Gasteiger partial charge in [0.25, 0.3) is 0 Å². The molecule has 0 aromatic heterocycles. The lowest BCUT2D eigenvalue weighted by molar-refractivity contribution is 0.383. The second kappa shape index (κ2) is 5.46. The molecule has 1 fully saturated rings. The molecule has 0 spiro atoms. The van der Waals surface area contributed by atoms with Gasteiger partial charge in [-0.05, 0) is 44.6 Å². The normalized spacial score (nSPS) is 21.3. The van der Waals surface area contributed by atoms with Crippen molar-refractivity contribution in [3.8, 4) is 0 Å². The Morgan fingerprint density at radius 2 is 2.06 bits per heavy atom. The Bertz CT molecular complexity index is 327. The smallest absolute Gasteiger partial charge is 0.0323 e. The summed E-state index contributed by atoms with van der Waals surface area (Å²) < 4.78 is 0. The van der Waals surface area contributed by atoms with E-state index in [9.17, 15) is 0 Å². The molecule has 2 nitrogen and oxygen atoms in total. The molecule has 1 unspecified atom stereocenters. The highest BCUT2D eigenvalue weighted by atomic mass is 15.0. The fourth-order valence-corrected chi connectivity index (χ4v) is 2.48. The summed E-state index contributed by atoms with van der Waals surface area (Å²) >= 11 is 0. The quantitative estimate of drug-likeness (QED) is 0.839. The average Bonchev–Trinajstić information content (AvgIpc) is 2.30. The molecule has 0 radical (unpaired) electrons. The van der Waals surface area contributed by atoms with E-state index in [4.69, 9.17) is 0 Å². The maximum atomic E-state index is 3.63. The summed E-state index contributed by atoms with van der Waals surface area (Å²) in [6.45, 7) is 2.20. The SMILES string of the molecule is CN(C)Cc1ccccc1C1CCCCN1. The van der Waals surface area contributed by atoms with Crippen LogP contribution in [0.4, 0.5) is 0 Å². The van der Waals surface area contributed by atoms with Crippen LogP contribution < -0.4 is 5.32 Å². The van der Waals surface area contributed by atoms with Crippen LogP contribution in [-0.2, 0) is 6.54 Å². The first-order valence-corrected chi connectivity index (χ1v) is 6.23. The zero-order valence-electron chi connectivity index (χ0n) is 10.4. The molecule has 1 aromatic carbocycles. The molecule has 2 heteroatoms. The second-order valence-corrected chi connectivity index (χ2v) is 4.94. The molecule has 0 bridgehead atoms. The summed E-state index contributed by atoms with van der Waals surface area (Å²) in [6, 6.07) is 9.41. The van der Waals surface area contributed by atoms with E-state index in [-0.39, 0.29) is 0 Å². The molecule has 1 aliphatic rings. The maximum Gasteiger partial charge on any atom is 0.0323 e. The van der Waals surface area contributed by atoms with Crippen molar-refractivity contribution in [2.75, 3.05) is 20.6 Å². The zero-order chi connectivity index (χ0) is 11.4. The van der Waals surface area contributed by atoms with Crippen LogP contribution in [0, 0.1) is 0 Å². The molecular formula is C14H22N2. The van der Waals surface area contributed by atoms with Crippen molar-refractivity contribution in [3.05, 3.63) is 35.4 Å². The number of benzene rings is 1. The summed E-state index contributed by atoms with van der Waals surface area (Å²) in [4.78, 5) is 2.24. The van der Waals surface area contributed by atoms with Gasteiger partial charge in [0.15, 0.2) is 0 Å². The van der Waals surface area contributed by atoms with Crippen molar-refractivity contribution in [1.82, 2.24) is 10.2 Å². The Morgan fingerprint density at radius 1 is 1.25 bits per heavy atom. The van der Waals surface area contributed by atoms with E-state index in [1.165, 1.54) is 36.9 Å². The van der Waals surface area contributed by atoms with Gasteiger partial charge in [-0.1, -0.05) is 30.7 Å². The second-order valence-electron chi connectivity index (χ2n) is 4.94. The summed E-state index contributed by atoms with van der Waals surface area (Å²) in [7, 11) is 4.26. The Kier molecular flexibility index (Phi) is 3.97. The third-order valence-corrected chi connectivity index (χ3v) is 3.23. The van der Waals surface area contributed by atoms with E-state index >= 15 is 0 Å². The number of hydrogen-bond donors (Lipinski definition) is 1. The molecule has 88 valence electrons. The van der Waals surface area contributed by atoms with Crippen molar-refractivity contribution < 1.29 is 0 Å². The van der Waals surface area contributed by atoms with Crippen molar-refractivity contribution in [3.63, 3.8) is 0 Å². The highest BCUT2D eigenvalue weighted by molar-refractivity contribution is 5.30. The van der Waals surface area contributed by atoms with E-state index in [0.29, 0.717) is 6.04 Å². The van der Waals surface area contributed by atoms with E-state index < -0.39 is 0 Å². The fraction of sp³-hybridized carbons (Fsp3) is 0.571. The minimum atomic E-state index is 0.574. The first kappa shape index (κ1) is 11.6. The van der Waals surface area contributed by atoms with Crippen LogP contribution >= 0.6 is 0 Å². The standard InChI is InChI=1S/C14H22N2/c1-16(2)11-12-7-3-4-8-13(12)14-9-5-6-10-15-14/h3-4,7-8,14-15H,5-6,9-11H2,1-2H3. The molecule has 1 saturated heterocycles. The van der Waals surface area contributed by atoms with Gasteiger partial charge in [0.1, 0.15) is 0 Å². The number of hydrogen-bond acceptors (Lipinski definition) is 2. The van der Waals surface area contributed by atoms with Crippen LogP contribution in [-0.4, -0.2) is 25.5 Å². The van der Waals surface area contributed by atoms with Crippen LogP contribution in [0.1, 0.15) is 36.4 Å². The van der Waals surface area contributed by atoms with Gasteiger partial charge in [-0.25, -0.2) is 0 Å². The predicted molar refractivity (Wildman–Crippen MR) is 68.4 cm³/mol. The Labute approximate surface area is 98.7 Å². The predicted octanol–water partition coefficient (Wildman–Crippen LogP) is 2.56. The first-order chi connectivity index (χ1) is 7.77. The molecule has 1 aliphatic heterocycles. The molecule has 1 atom stereocenters. The lowest BCUT2D eigenvalue weighted by Gasteiger charge is -2.26. The van der Waals surface area contributed by atoms with Crippen molar-refractivity contribution in [1.29, 1.82) is 0 Å². The largest absolute Gasteiger partial charge is 0.310 e. The average molecular weight is 218 g/mol. The third-order valence-electron chi connectivity index (χ3n) is 3.23. The van der Waals surface area contributed by atoms with Gasteiger partial charge in [0, 0.05) is 12.6 Å². The summed E-state index contributed by atoms with van der Waals surface area (Å²) in [5.41, 5.74) is 2.96. The highest BCUT2D eigenvalue weighted by Gasteiger charge is 2.17. The van der Waals surface area contributed by atoms with Gasteiger partial charge >= 0.3 is 0 Å². The Morgan fingerprint density at radius 3 is 2.75 bits per heavy atom. The van der Waals surface area contributed by atoms with Crippen LogP contribution in [0.15, 0.2) is 24.3 Å². The maximum absolute atomic E-state index is 3.63. The first-order valence-electron chi connectivity index (χ1n) is 6.23. The molecule has 1 heterocycles. The van der Waals surface area contributed by atoms with Gasteiger partial charge < -0.3 is 10.2 Å². The molecule has 0 aliphatic carbocycles. The van der Waals surface area contributed by atoms with Crippen molar-refractivity contribution >= 4 is 0 Å². The van der Waals surface area contributed by atoms with E-state index in [0.717, 1.165) is 6.54 Å². The topological polar surface area (TPSA) is 15.3 Å². The van der Waals surface area contributed by atoms with Crippen molar-refractivity contribution in [2.24, 2.45) is 0 Å². The van der Waals surface area contributed by atoms with E-state index in [2.05, 4.69) is 48.6 Å². The molecule has 1 aromatic rings. The molecule has 0 amide bonds. The van der Waals surface area contributed by atoms with E-state index in [1.54, 1.807) is 0 Å². The Hall–Kier alpha value is -0.860. The van der Waals surface area contributed by atoms with Crippen LogP contribution in [0.5, 0.6) is 0 Å². The fourth-order valence-electron chi connectivity index (χ4n) is 2.48. The van der Waals surface area contributed by atoms with Gasteiger partial charge in [-0.2, -0.15) is 0 Å². The third kappa shape index (κ3) is 2.83. The monoisotopic (exact) mass is 218 g/mol. The zero-order valence-corrected chi connectivity index (χ0v) is 10.4. The minimum Gasteiger partial charge on any atom is -0.310 e. The number of nitrogens with zero attached hydrogens (tertiary/aromatic N) is 1. The lowest BCUT2D eigenvalue weighted by atomic mass is 9.93. The molecule has 1 N–H and O–H groups in total. The number of piperidine rings is 1. The molecule has 0 saturated carbocycles. The Balaban J connectivity index is 2.17. The number of nitrogens with one attached hydrogen (secondary N) is 1. The summed E-state index contributed by atoms with van der Waals surface area (Å²) in [6.07, 6.45) is 3.96. The van der Waals surface area contributed by atoms with Gasteiger partial charge in [0.2, 0.25) is 0 Å². The molecule has 16 heavy (non-hydrogen) atoms. The van der Waals surface area contributed by atoms with Crippen LogP contribution in [0.25, 0.3) is 0 Å². The summed E-state index contributed by atoms with van der Waals surface area (Å²) in [5, 5.41) is 3.63. The van der Waals surface area contributed by atoms with Gasteiger partial charge in [0.05, 0.1) is 0 Å². The van der Waals surface area contributed by atoms with Crippen LogP contribution in [0.3, 0.4) is 0 Å². The number of rotatable bonds is 3. The van der Waals surface area contributed by atoms with Crippen LogP contribution in [0.2, 0.25) is 0 Å². The lowest BCUT2D eigenvalue weighted by Crippen LogP contribution is -2.28. The molecular weight excluding hydrogens is 196 g/mol.